The summed E-state index contributed by atoms with van der Waals surface area (Å²) in [5, 5.41) is 0. The number of rotatable bonds is 3. The summed E-state index contributed by atoms with van der Waals surface area (Å²) < 4.78 is 5.65. The van der Waals surface area contributed by atoms with E-state index in [0.29, 0.717) is 0 Å². The molecule has 0 saturated carbocycles. The summed E-state index contributed by atoms with van der Waals surface area (Å²) in [6, 6.07) is 7.47. The van der Waals surface area contributed by atoms with Crippen LogP contribution in [0.25, 0.3) is 5.57 Å². The van der Waals surface area contributed by atoms with Gasteiger partial charge in [0, 0.05) is 4.47 Å². The minimum absolute atomic E-state index is 0.206. The molecule has 0 N–H and O–H groups in total. The average Bonchev–Trinajstić information content (AvgIpc) is 3.05. The first-order valence-electron chi connectivity index (χ1n) is 5.11. The molecule has 88 valence electrons. The number of halogens is 1. The first kappa shape index (κ1) is 12.0. The van der Waals surface area contributed by atoms with E-state index in [4.69, 9.17) is 4.74 Å². The van der Waals surface area contributed by atoms with Crippen LogP contribution in [0.3, 0.4) is 0 Å². The summed E-state index contributed by atoms with van der Waals surface area (Å²) in [4.78, 5) is 23.3. The van der Waals surface area contributed by atoms with E-state index in [0.717, 1.165) is 15.6 Å². The van der Waals surface area contributed by atoms with E-state index >= 15 is 0 Å². The normalized spacial score (nSPS) is 21.7. The summed E-state index contributed by atoms with van der Waals surface area (Å²) in [6.45, 7) is 1.40. The molecule has 0 unspecified atom stereocenters. The van der Waals surface area contributed by atoms with Gasteiger partial charge in [-0.3, -0.25) is 9.59 Å². The highest BCUT2D eigenvalue weighted by Crippen LogP contribution is 2.52. The van der Waals surface area contributed by atoms with Gasteiger partial charge >= 0.3 is 5.97 Å². The molecule has 0 fully saturated rings. The summed E-state index contributed by atoms with van der Waals surface area (Å²) in [7, 11) is 1.29. The van der Waals surface area contributed by atoms with E-state index in [2.05, 4.69) is 15.9 Å². The third-order valence-corrected chi connectivity index (χ3v) is 3.45. The van der Waals surface area contributed by atoms with Crippen LogP contribution in [0.2, 0.25) is 0 Å². The highest BCUT2D eigenvalue weighted by molar-refractivity contribution is 9.10. The van der Waals surface area contributed by atoms with Gasteiger partial charge in [0.1, 0.15) is 0 Å². The number of carbonyl (C=O) groups excluding carboxylic acids is 2. The van der Waals surface area contributed by atoms with Gasteiger partial charge in [-0.25, -0.2) is 0 Å². The third kappa shape index (κ3) is 1.82. The number of methoxy groups -OCH3 is 1. The summed E-state index contributed by atoms with van der Waals surface area (Å²) in [5.74, 6) is -0.717. The van der Waals surface area contributed by atoms with Crippen molar-refractivity contribution in [3.05, 3.63) is 40.4 Å². The van der Waals surface area contributed by atoms with Crippen LogP contribution in [0, 0.1) is 5.41 Å². The lowest BCUT2D eigenvalue weighted by Gasteiger charge is -2.12. The quantitative estimate of drug-likeness (QED) is 0.636. The molecule has 1 aliphatic carbocycles. The van der Waals surface area contributed by atoms with Crippen molar-refractivity contribution in [2.45, 2.75) is 6.92 Å². The maximum absolute atomic E-state index is 11.7. The molecule has 0 saturated heterocycles. The fourth-order valence-corrected chi connectivity index (χ4v) is 2.15. The predicted octanol–water partition coefficient (Wildman–Crippen LogP) is 2.59. The number of hydrogen-bond donors (Lipinski definition) is 0. The Balaban J connectivity index is 2.32. The van der Waals surface area contributed by atoms with Crippen LogP contribution in [0.1, 0.15) is 12.5 Å². The number of ether oxygens (including phenoxy) is 1. The van der Waals surface area contributed by atoms with Crippen LogP contribution in [-0.2, 0) is 14.3 Å². The number of carbonyl (C=O) groups is 2. The zero-order valence-electron chi connectivity index (χ0n) is 9.49. The molecule has 2 rings (SSSR count). The van der Waals surface area contributed by atoms with E-state index in [1.54, 1.807) is 6.08 Å². The number of Topliss-reactive ketones (excluding diaryl/α,β-unsaturated/α-hetero) is 1. The molecule has 0 bridgehead atoms. The van der Waals surface area contributed by atoms with Gasteiger partial charge in [0.05, 0.1) is 7.11 Å². The third-order valence-electron chi connectivity index (χ3n) is 2.92. The van der Waals surface area contributed by atoms with Crippen LogP contribution in [0.4, 0.5) is 0 Å². The zero-order chi connectivity index (χ0) is 12.6. The molecule has 1 atom stereocenters. The second kappa shape index (κ2) is 4.11. The smallest absolute Gasteiger partial charge is 0.327 e. The maximum atomic E-state index is 11.7. The molecule has 3 nitrogen and oxygen atoms in total. The van der Waals surface area contributed by atoms with Crippen molar-refractivity contribution in [3.63, 3.8) is 0 Å². The number of hydrogen-bond acceptors (Lipinski definition) is 3. The molecule has 1 aromatic rings. The molecule has 0 aliphatic heterocycles. The Kier molecular flexibility index (Phi) is 2.91. The minimum atomic E-state index is -1.15. The van der Waals surface area contributed by atoms with Crippen LogP contribution in [0.5, 0.6) is 0 Å². The highest BCUT2D eigenvalue weighted by atomic mass is 79.9. The number of esters is 1. The Morgan fingerprint density at radius 2 is 1.82 bits per heavy atom. The Hall–Kier alpha value is -1.42. The van der Waals surface area contributed by atoms with E-state index in [-0.39, 0.29) is 5.78 Å². The van der Waals surface area contributed by atoms with Crippen LogP contribution < -0.4 is 0 Å². The van der Waals surface area contributed by atoms with Crippen molar-refractivity contribution in [3.8, 4) is 0 Å². The molecule has 4 heteroatoms. The largest absolute Gasteiger partial charge is 0.468 e. The second-order valence-electron chi connectivity index (χ2n) is 3.92. The maximum Gasteiger partial charge on any atom is 0.327 e. The molecule has 0 amide bonds. The van der Waals surface area contributed by atoms with E-state index < -0.39 is 11.4 Å². The fraction of sp³-hybridized carbons (Fsp3) is 0.231. The van der Waals surface area contributed by atoms with Gasteiger partial charge < -0.3 is 4.74 Å². The zero-order valence-corrected chi connectivity index (χ0v) is 11.1. The highest BCUT2D eigenvalue weighted by Gasteiger charge is 2.56. The van der Waals surface area contributed by atoms with Gasteiger partial charge in [-0.2, -0.15) is 0 Å². The molecule has 0 aromatic heterocycles. The summed E-state index contributed by atoms with van der Waals surface area (Å²) in [5.41, 5.74) is 0.445. The summed E-state index contributed by atoms with van der Waals surface area (Å²) >= 11 is 3.34. The number of benzene rings is 1. The molecular formula is C13H11BrO3. The Morgan fingerprint density at radius 1 is 1.24 bits per heavy atom. The Labute approximate surface area is 108 Å². The van der Waals surface area contributed by atoms with Crippen molar-refractivity contribution in [1.82, 2.24) is 0 Å². The van der Waals surface area contributed by atoms with Gasteiger partial charge in [0.25, 0.3) is 0 Å². The van der Waals surface area contributed by atoms with Crippen molar-refractivity contribution in [1.29, 1.82) is 0 Å². The lowest BCUT2D eigenvalue weighted by molar-refractivity contribution is -0.148. The first-order chi connectivity index (χ1) is 8.02. The first-order valence-corrected chi connectivity index (χ1v) is 5.90. The minimum Gasteiger partial charge on any atom is -0.468 e. The Morgan fingerprint density at radius 3 is 2.29 bits per heavy atom. The lowest BCUT2D eigenvalue weighted by atomic mass is 9.92. The Bertz CT molecular complexity index is 516. The second-order valence-corrected chi connectivity index (χ2v) is 4.84. The van der Waals surface area contributed by atoms with Crippen LogP contribution in [0.15, 0.2) is 34.8 Å². The van der Waals surface area contributed by atoms with Gasteiger partial charge in [-0.05, 0) is 36.3 Å². The van der Waals surface area contributed by atoms with E-state index in [9.17, 15) is 9.59 Å². The average molecular weight is 295 g/mol. The van der Waals surface area contributed by atoms with Crippen LogP contribution >= 0.6 is 15.9 Å². The van der Waals surface area contributed by atoms with Crippen molar-refractivity contribution in [2.24, 2.45) is 5.41 Å². The van der Waals surface area contributed by atoms with Crippen molar-refractivity contribution >= 4 is 33.3 Å². The standard InChI is InChI=1S/C13H11BrO3/c1-8(15)13(12(16)17-2)7-11(13)9-3-5-10(14)6-4-9/h3-7H,1-2H3/t13-/m0/s1. The summed E-state index contributed by atoms with van der Waals surface area (Å²) in [6.07, 6.45) is 1.66. The molecule has 17 heavy (non-hydrogen) atoms. The lowest BCUT2D eigenvalue weighted by Crippen LogP contribution is -2.28. The fourth-order valence-electron chi connectivity index (χ4n) is 1.89. The molecule has 0 radical (unpaired) electrons. The number of ketones is 1. The molecule has 1 aliphatic rings. The van der Waals surface area contributed by atoms with E-state index in [1.165, 1.54) is 14.0 Å². The van der Waals surface area contributed by atoms with Gasteiger partial charge in [0.15, 0.2) is 11.2 Å². The molecule has 0 spiro atoms. The predicted molar refractivity (Wildman–Crippen MR) is 67.2 cm³/mol. The van der Waals surface area contributed by atoms with Crippen molar-refractivity contribution in [2.75, 3.05) is 7.11 Å². The van der Waals surface area contributed by atoms with E-state index in [1.807, 2.05) is 24.3 Å². The topological polar surface area (TPSA) is 43.4 Å². The van der Waals surface area contributed by atoms with Gasteiger partial charge in [0.2, 0.25) is 0 Å². The van der Waals surface area contributed by atoms with Crippen LogP contribution in [-0.4, -0.2) is 18.9 Å². The molecule has 1 aromatic carbocycles. The van der Waals surface area contributed by atoms with Gasteiger partial charge in [-0.1, -0.05) is 28.1 Å². The molecular weight excluding hydrogens is 284 g/mol. The monoisotopic (exact) mass is 294 g/mol. The van der Waals surface area contributed by atoms with Gasteiger partial charge in [-0.15, -0.1) is 0 Å². The SMILES string of the molecule is COC(=O)[C@]1(C(C)=O)C=C1c1ccc(Br)cc1. The van der Waals surface area contributed by atoms with Crippen molar-refractivity contribution < 1.29 is 14.3 Å². The molecule has 0 heterocycles.